The van der Waals surface area contributed by atoms with E-state index in [2.05, 4.69) is 4.98 Å². The van der Waals surface area contributed by atoms with Crippen LogP contribution in [0.2, 0.25) is 10.0 Å². The second-order valence-corrected chi connectivity index (χ2v) is 5.51. The molecule has 1 aromatic heterocycles. The molecule has 0 aliphatic heterocycles. The third kappa shape index (κ3) is 3.17. The van der Waals surface area contributed by atoms with Crippen molar-refractivity contribution >= 4 is 34.8 Å². The molecule has 1 unspecified atom stereocenters. The maximum atomic E-state index is 6.45. The van der Waals surface area contributed by atoms with Crippen LogP contribution in [-0.4, -0.2) is 4.98 Å². The van der Waals surface area contributed by atoms with Crippen LogP contribution in [0.25, 0.3) is 0 Å². The number of aromatic nitrogens is 1. The summed E-state index contributed by atoms with van der Waals surface area (Å²) < 4.78 is 0. The minimum Gasteiger partial charge on any atom is -0.263 e. The van der Waals surface area contributed by atoms with Gasteiger partial charge in [0.05, 0.1) is 10.4 Å². The third-order valence-electron chi connectivity index (χ3n) is 2.83. The van der Waals surface area contributed by atoms with Crippen molar-refractivity contribution in [3.8, 4) is 0 Å². The molecule has 0 spiro atoms. The van der Waals surface area contributed by atoms with Crippen molar-refractivity contribution in [2.24, 2.45) is 0 Å². The Hall–Kier alpha value is -0.760. The standard InChI is InChI=1S/C14H12Cl3N/c1-9-2-3-11(15)7-12(9)13(16)6-10-4-5-18-8-14(10)17/h2-5,7-8,13H,6H2,1H3. The van der Waals surface area contributed by atoms with Gasteiger partial charge in [-0.2, -0.15) is 0 Å². The van der Waals surface area contributed by atoms with Gasteiger partial charge in [0.1, 0.15) is 0 Å². The second-order valence-electron chi connectivity index (χ2n) is 4.14. The van der Waals surface area contributed by atoms with Crippen LogP contribution in [0.5, 0.6) is 0 Å². The molecule has 0 saturated carbocycles. The molecule has 1 nitrogen and oxygen atoms in total. The van der Waals surface area contributed by atoms with Gasteiger partial charge in [-0.3, -0.25) is 4.98 Å². The quantitative estimate of drug-likeness (QED) is 0.708. The highest BCUT2D eigenvalue weighted by Crippen LogP contribution is 2.31. The van der Waals surface area contributed by atoms with Gasteiger partial charge in [0.15, 0.2) is 0 Å². The highest BCUT2D eigenvalue weighted by molar-refractivity contribution is 6.31. The summed E-state index contributed by atoms with van der Waals surface area (Å²) in [6.45, 7) is 2.02. The minimum absolute atomic E-state index is 0.149. The average molecular weight is 301 g/mol. The Kier molecular flexibility index (Phi) is 4.50. The molecule has 0 aliphatic rings. The summed E-state index contributed by atoms with van der Waals surface area (Å²) in [4.78, 5) is 3.96. The van der Waals surface area contributed by atoms with Gasteiger partial charge in [-0.15, -0.1) is 11.6 Å². The molecule has 94 valence electrons. The summed E-state index contributed by atoms with van der Waals surface area (Å²) in [5.74, 6) is 0. The van der Waals surface area contributed by atoms with E-state index >= 15 is 0 Å². The molecule has 0 aliphatic carbocycles. The highest BCUT2D eigenvalue weighted by Gasteiger charge is 2.13. The van der Waals surface area contributed by atoms with E-state index < -0.39 is 0 Å². The van der Waals surface area contributed by atoms with Crippen molar-refractivity contribution < 1.29 is 0 Å². The summed E-state index contributed by atoms with van der Waals surface area (Å²) in [5, 5.41) is 1.19. The van der Waals surface area contributed by atoms with Crippen LogP contribution < -0.4 is 0 Å². The number of pyridine rings is 1. The molecule has 0 radical (unpaired) electrons. The van der Waals surface area contributed by atoms with Crippen molar-refractivity contribution in [3.63, 3.8) is 0 Å². The Balaban J connectivity index is 2.25. The van der Waals surface area contributed by atoms with E-state index in [4.69, 9.17) is 34.8 Å². The predicted octanol–water partition coefficient (Wildman–Crippen LogP) is 5.22. The molecular weight excluding hydrogens is 289 g/mol. The van der Waals surface area contributed by atoms with Crippen LogP contribution in [-0.2, 0) is 6.42 Å². The normalized spacial score (nSPS) is 12.4. The maximum absolute atomic E-state index is 6.45. The van der Waals surface area contributed by atoms with Gasteiger partial charge in [-0.1, -0.05) is 29.3 Å². The molecule has 18 heavy (non-hydrogen) atoms. The number of alkyl halides is 1. The lowest BCUT2D eigenvalue weighted by Crippen LogP contribution is -1.99. The van der Waals surface area contributed by atoms with E-state index in [9.17, 15) is 0 Å². The van der Waals surface area contributed by atoms with E-state index in [0.29, 0.717) is 16.5 Å². The molecule has 0 saturated heterocycles. The SMILES string of the molecule is Cc1ccc(Cl)cc1C(Cl)Cc1ccncc1Cl. The van der Waals surface area contributed by atoms with Crippen LogP contribution in [0.4, 0.5) is 0 Å². The predicted molar refractivity (Wildman–Crippen MR) is 77.7 cm³/mol. The average Bonchev–Trinajstić information content (AvgIpc) is 2.35. The molecule has 0 bridgehead atoms. The van der Waals surface area contributed by atoms with Gasteiger partial charge < -0.3 is 0 Å². The highest BCUT2D eigenvalue weighted by atomic mass is 35.5. The van der Waals surface area contributed by atoms with Gasteiger partial charge in [-0.05, 0) is 48.2 Å². The lowest BCUT2D eigenvalue weighted by molar-refractivity contribution is 0.907. The van der Waals surface area contributed by atoms with Crippen molar-refractivity contribution in [3.05, 3.63) is 63.4 Å². The first kappa shape index (κ1) is 13.7. The summed E-state index contributed by atoms with van der Waals surface area (Å²) >= 11 is 18.5. The zero-order chi connectivity index (χ0) is 13.1. The first-order chi connectivity index (χ1) is 8.58. The van der Waals surface area contributed by atoms with E-state index in [-0.39, 0.29) is 5.38 Å². The Bertz CT molecular complexity index is 554. The maximum Gasteiger partial charge on any atom is 0.0629 e. The zero-order valence-electron chi connectivity index (χ0n) is 9.83. The monoisotopic (exact) mass is 299 g/mol. The number of rotatable bonds is 3. The Morgan fingerprint density at radius 2 is 2.00 bits per heavy atom. The number of hydrogen-bond acceptors (Lipinski definition) is 1. The molecule has 2 rings (SSSR count). The first-order valence-corrected chi connectivity index (χ1v) is 6.75. The third-order valence-corrected chi connectivity index (χ3v) is 3.80. The van der Waals surface area contributed by atoms with Crippen LogP contribution in [0.3, 0.4) is 0 Å². The minimum atomic E-state index is -0.149. The summed E-state index contributed by atoms with van der Waals surface area (Å²) in [6.07, 6.45) is 4.01. The first-order valence-electron chi connectivity index (χ1n) is 5.56. The molecule has 1 heterocycles. The van der Waals surface area contributed by atoms with Gasteiger partial charge in [0, 0.05) is 17.4 Å². The van der Waals surface area contributed by atoms with Crippen LogP contribution in [0.1, 0.15) is 22.1 Å². The molecule has 0 amide bonds. The number of hydrogen-bond donors (Lipinski definition) is 0. The van der Waals surface area contributed by atoms with Crippen molar-refractivity contribution in [2.75, 3.05) is 0 Å². The number of benzene rings is 1. The van der Waals surface area contributed by atoms with Crippen LogP contribution in [0, 0.1) is 6.92 Å². The number of aryl methyl sites for hydroxylation is 1. The Morgan fingerprint density at radius 3 is 2.72 bits per heavy atom. The van der Waals surface area contributed by atoms with Gasteiger partial charge in [0.2, 0.25) is 0 Å². The van der Waals surface area contributed by atoms with Gasteiger partial charge in [-0.25, -0.2) is 0 Å². The molecule has 2 aromatic rings. The van der Waals surface area contributed by atoms with Crippen LogP contribution >= 0.6 is 34.8 Å². The molecule has 0 N–H and O–H groups in total. The number of halogens is 3. The van der Waals surface area contributed by atoms with E-state index in [1.165, 1.54) is 0 Å². The number of nitrogens with zero attached hydrogens (tertiary/aromatic N) is 1. The topological polar surface area (TPSA) is 12.9 Å². The van der Waals surface area contributed by atoms with Crippen LogP contribution in [0.15, 0.2) is 36.7 Å². The van der Waals surface area contributed by atoms with Gasteiger partial charge >= 0.3 is 0 Å². The Labute approximate surface area is 122 Å². The zero-order valence-corrected chi connectivity index (χ0v) is 12.1. The van der Waals surface area contributed by atoms with Crippen molar-refractivity contribution in [2.45, 2.75) is 18.7 Å². The fourth-order valence-corrected chi connectivity index (χ4v) is 2.60. The lowest BCUT2D eigenvalue weighted by atomic mass is 10.0. The lowest BCUT2D eigenvalue weighted by Gasteiger charge is -2.14. The molecule has 1 atom stereocenters. The van der Waals surface area contributed by atoms with E-state index in [1.807, 2.05) is 31.2 Å². The molecule has 4 heteroatoms. The van der Waals surface area contributed by atoms with Crippen molar-refractivity contribution in [1.82, 2.24) is 4.98 Å². The van der Waals surface area contributed by atoms with Gasteiger partial charge in [0.25, 0.3) is 0 Å². The molecule has 1 aromatic carbocycles. The summed E-state index contributed by atoms with van der Waals surface area (Å²) in [7, 11) is 0. The summed E-state index contributed by atoms with van der Waals surface area (Å²) in [6, 6.07) is 7.63. The Morgan fingerprint density at radius 1 is 1.22 bits per heavy atom. The largest absolute Gasteiger partial charge is 0.263 e. The molecular formula is C14H12Cl3N. The fourth-order valence-electron chi connectivity index (χ4n) is 1.82. The summed E-state index contributed by atoms with van der Waals surface area (Å²) in [5.41, 5.74) is 3.16. The second kappa shape index (κ2) is 5.92. The van der Waals surface area contributed by atoms with E-state index in [0.717, 1.165) is 16.7 Å². The molecule has 0 fully saturated rings. The fraction of sp³-hybridized carbons (Fsp3) is 0.214. The smallest absolute Gasteiger partial charge is 0.0629 e. The van der Waals surface area contributed by atoms with Crippen molar-refractivity contribution in [1.29, 1.82) is 0 Å². The van der Waals surface area contributed by atoms with E-state index in [1.54, 1.807) is 12.4 Å².